The minimum absolute atomic E-state index is 0. The van der Waals surface area contributed by atoms with Crippen molar-refractivity contribution in [2.75, 3.05) is 31.1 Å². The summed E-state index contributed by atoms with van der Waals surface area (Å²) in [4.78, 5) is 30.2. The summed E-state index contributed by atoms with van der Waals surface area (Å²) < 4.78 is 1.12. The van der Waals surface area contributed by atoms with E-state index in [9.17, 15) is 4.79 Å². The first-order chi connectivity index (χ1) is 13.0. The summed E-state index contributed by atoms with van der Waals surface area (Å²) in [5.41, 5.74) is 3.63. The molecule has 0 spiro atoms. The molecule has 0 saturated heterocycles. The number of carbonyl (C=O) groups is 1. The van der Waals surface area contributed by atoms with E-state index in [0.29, 0.717) is 17.4 Å². The van der Waals surface area contributed by atoms with E-state index in [2.05, 4.69) is 54.7 Å². The Labute approximate surface area is 176 Å². The number of amides is 1. The topological polar surface area (TPSA) is 62.2 Å². The Morgan fingerprint density at radius 2 is 1.86 bits per heavy atom. The maximum Gasteiger partial charge on any atom is 0.280 e. The van der Waals surface area contributed by atoms with Crippen molar-refractivity contribution in [3.8, 4) is 0 Å². The maximum absolute atomic E-state index is 13.1. The highest BCUT2D eigenvalue weighted by atomic mass is 35.5. The van der Waals surface area contributed by atoms with Crippen LogP contribution in [0.15, 0.2) is 30.7 Å². The summed E-state index contributed by atoms with van der Waals surface area (Å²) in [6.45, 7) is 11.6. The van der Waals surface area contributed by atoms with Gasteiger partial charge in [-0.2, -0.15) is 0 Å². The number of halogens is 1. The van der Waals surface area contributed by atoms with E-state index in [-0.39, 0.29) is 18.3 Å². The van der Waals surface area contributed by atoms with Gasteiger partial charge in [-0.3, -0.25) is 14.7 Å². The number of benzene rings is 1. The maximum atomic E-state index is 13.1. The third kappa shape index (κ3) is 4.84. The molecule has 0 aliphatic heterocycles. The minimum atomic E-state index is -0.163. The molecule has 0 saturated carbocycles. The lowest BCUT2D eigenvalue weighted by atomic mass is 10.1. The molecule has 0 aliphatic carbocycles. The standard InChI is InChI=1S/C20H25N5OS.ClH/c1-5-24(6-2)9-10-25(19(26)17-13-21-7-8-22-17)20-23-16-12-14(3)11-15(4)18(16)27-20;/h7-8,11-13H,5-6,9-10H2,1-4H3;1H. The van der Waals surface area contributed by atoms with Crippen LogP contribution in [0.1, 0.15) is 35.5 Å². The number of rotatable bonds is 7. The molecule has 0 radical (unpaired) electrons. The molecule has 1 aromatic carbocycles. The van der Waals surface area contributed by atoms with E-state index >= 15 is 0 Å². The van der Waals surface area contributed by atoms with Gasteiger partial charge in [0.05, 0.1) is 16.4 Å². The third-order valence-electron chi connectivity index (χ3n) is 4.60. The molecule has 6 nitrogen and oxygen atoms in total. The average molecular weight is 420 g/mol. The van der Waals surface area contributed by atoms with E-state index in [0.717, 1.165) is 29.9 Å². The van der Waals surface area contributed by atoms with Gasteiger partial charge in [-0.25, -0.2) is 9.97 Å². The largest absolute Gasteiger partial charge is 0.302 e. The van der Waals surface area contributed by atoms with Gasteiger partial charge in [-0.1, -0.05) is 31.3 Å². The zero-order valence-electron chi connectivity index (χ0n) is 16.7. The predicted molar refractivity (Wildman–Crippen MR) is 118 cm³/mol. The molecule has 1 amide bonds. The molecule has 150 valence electrons. The number of hydrogen-bond donors (Lipinski definition) is 0. The highest BCUT2D eigenvalue weighted by molar-refractivity contribution is 7.22. The van der Waals surface area contributed by atoms with E-state index < -0.39 is 0 Å². The fraction of sp³-hybridized carbons (Fsp3) is 0.400. The Hall–Kier alpha value is -2.09. The molecule has 8 heteroatoms. The Bertz CT molecular complexity index is 927. The summed E-state index contributed by atoms with van der Waals surface area (Å²) in [7, 11) is 0. The second-order valence-corrected chi connectivity index (χ2v) is 7.48. The predicted octanol–water partition coefficient (Wildman–Crippen LogP) is 4.11. The highest BCUT2D eigenvalue weighted by Crippen LogP contribution is 2.32. The number of hydrogen-bond acceptors (Lipinski definition) is 6. The van der Waals surface area contributed by atoms with Crippen LogP contribution in [0.2, 0.25) is 0 Å². The molecule has 0 fully saturated rings. The Kier molecular flexibility index (Phi) is 7.86. The van der Waals surface area contributed by atoms with Crippen LogP contribution in [-0.4, -0.2) is 51.9 Å². The Morgan fingerprint density at radius 3 is 2.50 bits per heavy atom. The first-order valence-corrected chi connectivity index (χ1v) is 10.0. The Balaban J connectivity index is 0.00000280. The van der Waals surface area contributed by atoms with E-state index in [1.807, 2.05) is 0 Å². The second kappa shape index (κ2) is 9.91. The van der Waals surface area contributed by atoms with Crippen LogP contribution in [0.3, 0.4) is 0 Å². The first-order valence-electron chi connectivity index (χ1n) is 9.21. The van der Waals surface area contributed by atoms with E-state index in [1.54, 1.807) is 28.6 Å². The highest BCUT2D eigenvalue weighted by Gasteiger charge is 2.23. The number of thiazole rings is 1. The average Bonchev–Trinajstić information content (AvgIpc) is 3.09. The van der Waals surface area contributed by atoms with Gasteiger partial charge in [0.15, 0.2) is 5.13 Å². The molecule has 28 heavy (non-hydrogen) atoms. The van der Waals surface area contributed by atoms with Crippen molar-refractivity contribution in [1.82, 2.24) is 19.9 Å². The van der Waals surface area contributed by atoms with Crippen molar-refractivity contribution < 1.29 is 4.79 Å². The summed E-state index contributed by atoms with van der Waals surface area (Å²) in [5, 5.41) is 0.710. The SMILES string of the molecule is CCN(CC)CCN(C(=O)c1cnccn1)c1nc2cc(C)cc(C)c2s1.Cl. The van der Waals surface area contributed by atoms with Gasteiger partial charge in [0.2, 0.25) is 0 Å². The van der Waals surface area contributed by atoms with Crippen molar-refractivity contribution >= 4 is 45.0 Å². The van der Waals surface area contributed by atoms with Gasteiger partial charge in [-0.15, -0.1) is 12.4 Å². The molecule has 0 N–H and O–H groups in total. The number of nitrogens with zero attached hydrogens (tertiary/aromatic N) is 5. The van der Waals surface area contributed by atoms with Gasteiger partial charge in [-0.05, 0) is 44.1 Å². The molecule has 2 heterocycles. The number of aryl methyl sites for hydroxylation is 2. The zero-order valence-corrected chi connectivity index (χ0v) is 18.3. The van der Waals surface area contributed by atoms with Gasteiger partial charge in [0, 0.05) is 25.5 Å². The lowest BCUT2D eigenvalue weighted by Gasteiger charge is -2.24. The van der Waals surface area contributed by atoms with Crippen molar-refractivity contribution in [3.63, 3.8) is 0 Å². The van der Waals surface area contributed by atoms with Crippen LogP contribution >= 0.6 is 23.7 Å². The second-order valence-electron chi connectivity index (χ2n) is 6.50. The molecule has 0 aliphatic rings. The first kappa shape index (κ1) is 22.2. The monoisotopic (exact) mass is 419 g/mol. The number of fused-ring (bicyclic) bond motifs is 1. The molecular weight excluding hydrogens is 394 g/mol. The molecule has 0 unspecified atom stereocenters. The van der Waals surface area contributed by atoms with E-state index in [1.165, 1.54) is 17.3 Å². The van der Waals surface area contributed by atoms with Gasteiger partial charge < -0.3 is 4.90 Å². The normalized spacial score (nSPS) is 10.9. The van der Waals surface area contributed by atoms with Gasteiger partial charge in [0.1, 0.15) is 5.69 Å². The summed E-state index contributed by atoms with van der Waals surface area (Å²) in [6, 6.07) is 4.22. The number of anilines is 1. The number of carbonyl (C=O) groups excluding carboxylic acids is 1. The fourth-order valence-corrected chi connectivity index (χ4v) is 4.13. The van der Waals surface area contributed by atoms with Gasteiger partial charge in [0.25, 0.3) is 5.91 Å². The molecular formula is C20H26ClN5OS. The summed E-state index contributed by atoms with van der Waals surface area (Å²) >= 11 is 1.56. The van der Waals surface area contributed by atoms with Crippen molar-refractivity contribution in [1.29, 1.82) is 0 Å². The van der Waals surface area contributed by atoms with Crippen LogP contribution in [0, 0.1) is 13.8 Å². The number of aromatic nitrogens is 3. The molecule has 0 atom stereocenters. The molecule has 0 bridgehead atoms. The fourth-order valence-electron chi connectivity index (χ4n) is 3.09. The summed E-state index contributed by atoms with van der Waals surface area (Å²) in [6.07, 6.45) is 4.62. The van der Waals surface area contributed by atoms with E-state index in [4.69, 9.17) is 4.98 Å². The smallest absolute Gasteiger partial charge is 0.280 e. The quantitative estimate of drug-likeness (QED) is 0.576. The van der Waals surface area contributed by atoms with Crippen molar-refractivity contribution in [3.05, 3.63) is 47.5 Å². The van der Waals surface area contributed by atoms with Crippen LogP contribution in [0.5, 0.6) is 0 Å². The van der Waals surface area contributed by atoms with Crippen molar-refractivity contribution in [2.24, 2.45) is 0 Å². The summed E-state index contributed by atoms with van der Waals surface area (Å²) in [5.74, 6) is -0.163. The van der Waals surface area contributed by atoms with Crippen molar-refractivity contribution in [2.45, 2.75) is 27.7 Å². The van der Waals surface area contributed by atoms with Crippen LogP contribution in [-0.2, 0) is 0 Å². The van der Waals surface area contributed by atoms with Crippen LogP contribution in [0.4, 0.5) is 5.13 Å². The lowest BCUT2D eigenvalue weighted by molar-refractivity contribution is 0.0978. The van der Waals surface area contributed by atoms with Gasteiger partial charge >= 0.3 is 0 Å². The minimum Gasteiger partial charge on any atom is -0.302 e. The molecule has 3 aromatic rings. The Morgan fingerprint density at radius 1 is 1.11 bits per heavy atom. The van der Waals surface area contributed by atoms with Crippen LogP contribution in [0.25, 0.3) is 10.2 Å². The zero-order chi connectivity index (χ0) is 19.4. The third-order valence-corrected chi connectivity index (χ3v) is 5.83. The molecule has 2 aromatic heterocycles. The molecule has 3 rings (SSSR count). The number of likely N-dealkylation sites (N-methyl/N-ethyl adjacent to an activating group) is 1. The van der Waals surface area contributed by atoms with Crippen LogP contribution < -0.4 is 4.90 Å². The lowest BCUT2D eigenvalue weighted by Crippen LogP contribution is -2.39.